The van der Waals surface area contributed by atoms with E-state index in [0.717, 1.165) is 5.56 Å². The van der Waals surface area contributed by atoms with E-state index in [2.05, 4.69) is 10.9 Å². The molecular formula is C14H15N3O2. The Morgan fingerprint density at radius 2 is 2.32 bits per heavy atom. The van der Waals surface area contributed by atoms with Crippen LogP contribution in [0.1, 0.15) is 18.5 Å². The second-order valence-electron chi connectivity index (χ2n) is 4.25. The number of carbonyl (C=O) groups is 1. The number of nitrogens with zero attached hydrogens (tertiary/aromatic N) is 2. The number of amidine groups is 1. The quantitative estimate of drug-likeness (QED) is 0.835. The van der Waals surface area contributed by atoms with Crippen LogP contribution in [0.5, 0.6) is 5.75 Å². The average Bonchev–Trinajstić information content (AvgIpc) is 2.72. The number of terminal acetylenes is 1. The molecule has 2 unspecified atom stereocenters. The summed E-state index contributed by atoms with van der Waals surface area (Å²) in [6, 6.07) is 6.12. The largest absolute Gasteiger partial charge is 0.497 e. The Labute approximate surface area is 112 Å². The van der Waals surface area contributed by atoms with Crippen LogP contribution in [-0.4, -0.2) is 29.9 Å². The third-order valence-corrected chi connectivity index (χ3v) is 3.07. The van der Waals surface area contributed by atoms with Gasteiger partial charge in [-0.3, -0.25) is 4.90 Å². The highest BCUT2D eigenvalue weighted by molar-refractivity contribution is 6.03. The van der Waals surface area contributed by atoms with Crippen molar-refractivity contribution in [2.24, 2.45) is 10.7 Å². The summed E-state index contributed by atoms with van der Waals surface area (Å²) in [5, 5.41) is 0. The fourth-order valence-corrected chi connectivity index (χ4v) is 2.09. The zero-order valence-corrected chi connectivity index (χ0v) is 10.8. The lowest BCUT2D eigenvalue weighted by molar-refractivity contribution is 0.199. The Kier molecular flexibility index (Phi) is 3.43. The van der Waals surface area contributed by atoms with Gasteiger partial charge in [0.05, 0.1) is 13.2 Å². The van der Waals surface area contributed by atoms with Gasteiger partial charge in [0.25, 0.3) is 0 Å². The molecule has 0 fully saturated rings. The zero-order chi connectivity index (χ0) is 14.0. The molecule has 0 aliphatic carbocycles. The predicted octanol–water partition coefficient (Wildman–Crippen LogP) is 1.55. The van der Waals surface area contributed by atoms with Gasteiger partial charge in [0.2, 0.25) is 0 Å². The summed E-state index contributed by atoms with van der Waals surface area (Å²) >= 11 is 0. The zero-order valence-electron chi connectivity index (χ0n) is 10.8. The van der Waals surface area contributed by atoms with Crippen LogP contribution in [0, 0.1) is 12.3 Å². The van der Waals surface area contributed by atoms with Crippen molar-refractivity contribution >= 4 is 11.9 Å². The van der Waals surface area contributed by atoms with Crippen LogP contribution in [0.2, 0.25) is 0 Å². The van der Waals surface area contributed by atoms with E-state index in [1.165, 1.54) is 4.90 Å². The van der Waals surface area contributed by atoms with E-state index in [9.17, 15) is 4.79 Å². The Balaban J connectivity index is 2.43. The summed E-state index contributed by atoms with van der Waals surface area (Å²) in [5.74, 6) is 3.47. The molecule has 2 atom stereocenters. The standard InChI is InChI=1S/C14H15N3O2/c1-4-9(2)17-12(13(15)16-14(17)18)10-6-5-7-11(8-10)19-3/h1,5-9,12H,2-3H3,(H2,15,16,18). The molecule has 0 saturated carbocycles. The minimum Gasteiger partial charge on any atom is -0.497 e. The molecule has 0 radical (unpaired) electrons. The first kappa shape index (κ1) is 13.0. The van der Waals surface area contributed by atoms with Crippen molar-refractivity contribution < 1.29 is 9.53 Å². The molecule has 0 aromatic heterocycles. The van der Waals surface area contributed by atoms with Gasteiger partial charge >= 0.3 is 6.03 Å². The maximum absolute atomic E-state index is 11.9. The third kappa shape index (κ3) is 2.25. The molecule has 1 aliphatic heterocycles. The summed E-state index contributed by atoms with van der Waals surface area (Å²) in [6.07, 6.45) is 5.40. The SMILES string of the molecule is C#CC(C)N1C(=O)N=C(N)C1c1cccc(OC)c1. The van der Waals surface area contributed by atoms with Gasteiger partial charge in [-0.05, 0) is 24.6 Å². The highest BCUT2D eigenvalue weighted by Crippen LogP contribution is 2.30. The molecule has 1 aromatic carbocycles. The van der Waals surface area contributed by atoms with E-state index in [-0.39, 0.29) is 11.9 Å². The summed E-state index contributed by atoms with van der Waals surface area (Å²) in [5.41, 5.74) is 6.68. The molecule has 5 heteroatoms. The minimum absolute atomic E-state index is 0.250. The van der Waals surface area contributed by atoms with Crippen LogP contribution >= 0.6 is 0 Å². The monoisotopic (exact) mass is 257 g/mol. The summed E-state index contributed by atoms with van der Waals surface area (Å²) in [6.45, 7) is 1.76. The number of hydrogen-bond donors (Lipinski definition) is 1. The van der Waals surface area contributed by atoms with Gasteiger partial charge in [0.1, 0.15) is 17.6 Å². The number of hydrogen-bond acceptors (Lipinski definition) is 3. The van der Waals surface area contributed by atoms with E-state index in [1.807, 2.05) is 24.3 Å². The number of ether oxygens (including phenoxy) is 1. The lowest BCUT2D eigenvalue weighted by atomic mass is 10.0. The molecule has 98 valence electrons. The number of methoxy groups -OCH3 is 1. The smallest absolute Gasteiger partial charge is 0.347 e. The molecule has 2 rings (SSSR count). The summed E-state index contributed by atoms with van der Waals surface area (Å²) in [7, 11) is 1.58. The second kappa shape index (κ2) is 5.02. The molecule has 5 nitrogen and oxygen atoms in total. The highest BCUT2D eigenvalue weighted by Gasteiger charge is 2.37. The van der Waals surface area contributed by atoms with E-state index in [4.69, 9.17) is 16.9 Å². The molecule has 19 heavy (non-hydrogen) atoms. The fourth-order valence-electron chi connectivity index (χ4n) is 2.09. The molecule has 0 bridgehead atoms. The van der Waals surface area contributed by atoms with E-state index in [0.29, 0.717) is 5.75 Å². The molecule has 1 aliphatic rings. The van der Waals surface area contributed by atoms with Crippen LogP contribution < -0.4 is 10.5 Å². The second-order valence-corrected chi connectivity index (χ2v) is 4.25. The van der Waals surface area contributed by atoms with Crippen molar-refractivity contribution in [2.75, 3.05) is 7.11 Å². The molecule has 0 spiro atoms. The first-order valence-corrected chi connectivity index (χ1v) is 5.85. The van der Waals surface area contributed by atoms with E-state index in [1.54, 1.807) is 14.0 Å². The maximum atomic E-state index is 11.9. The van der Waals surface area contributed by atoms with Crippen LogP contribution in [-0.2, 0) is 0 Å². The van der Waals surface area contributed by atoms with Gasteiger partial charge in [-0.2, -0.15) is 4.99 Å². The van der Waals surface area contributed by atoms with E-state index >= 15 is 0 Å². The van der Waals surface area contributed by atoms with Crippen molar-refractivity contribution in [2.45, 2.75) is 19.0 Å². The van der Waals surface area contributed by atoms with Gasteiger partial charge in [-0.15, -0.1) is 6.42 Å². The van der Waals surface area contributed by atoms with Crippen LogP contribution in [0.25, 0.3) is 0 Å². The number of aliphatic imine (C=N–C) groups is 1. The third-order valence-electron chi connectivity index (χ3n) is 3.07. The first-order chi connectivity index (χ1) is 9.08. The Hall–Kier alpha value is -2.48. The van der Waals surface area contributed by atoms with Gasteiger partial charge < -0.3 is 10.5 Å². The normalized spacial score (nSPS) is 19.8. The Morgan fingerprint density at radius 1 is 1.58 bits per heavy atom. The fraction of sp³-hybridized carbons (Fsp3) is 0.286. The van der Waals surface area contributed by atoms with Crippen molar-refractivity contribution in [1.82, 2.24) is 4.90 Å². The maximum Gasteiger partial charge on any atom is 0.347 e. The minimum atomic E-state index is -0.436. The first-order valence-electron chi connectivity index (χ1n) is 5.85. The predicted molar refractivity (Wildman–Crippen MR) is 72.9 cm³/mol. The van der Waals surface area contributed by atoms with Gasteiger partial charge in [0.15, 0.2) is 0 Å². The number of nitrogens with two attached hydrogens (primary N) is 1. The van der Waals surface area contributed by atoms with Crippen LogP contribution in [0.4, 0.5) is 4.79 Å². The van der Waals surface area contributed by atoms with Gasteiger partial charge in [0, 0.05) is 0 Å². The van der Waals surface area contributed by atoms with E-state index < -0.39 is 12.1 Å². The van der Waals surface area contributed by atoms with Gasteiger partial charge in [-0.1, -0.05) is 18.1 Å². The molecule has 2 amide bonds. The summed E-state index contributed by atoms with van der Waals surface area (Å²) < 4.78 is 5.17. The van der Waals surface area contributed by atoms with Crippen molar-refractivity contribution in [3.05, 3.63) is 29.8 Å². The number of carbonyl (C=O) groups excluding carboxylic acids is 1. The molecule has 1 aromatic rings. The summed E-state index contributed by atoms with van der Waals surface area (Å²) in [4.78, 5) is 17.1. The van der Waals surface area contributed by atoms with Crippen LogP contribution in [0.3, 0.4) is 0 Å². The number of urea groups is 1. The molecule has 2 N–H and O–H groups in total. The Morgan fingerprint density at radius 3 is 2.95 bits per heavy atom. The topological polar surface area (TPSA) is 67.9 Å². The van der Waals surface area contributed by atoms with Crippen molar-refractivity contribution in [1.29, 1.82) is 0 Å². The number of benzene rings is 1. The van der Waals surface area contributed by atoms with Crippen molar-refractivity contribution in [3.8, 4) is 18.1 Å². The molecule has 0 saturated heterocycles. The Bertz CT molecular complexity index is 574. The molecule has 1 heterocycles. The number of rotatable bonds is 3. The van der Waals surface area contributed by atoms with Gasteiger partial charge in [-0.25, -0.2) is 4.79 Å². The lowest BCUT2D eigenvalue weighted by Gasteiger charge is -2.27. The lowest BCUT2D eigenvalue weighted by Crippen LogP contribution is -2.38. The highest BCUT2D eigenvalue weighted by atomic mass is 16.5. The van der Waals surface area contributed by atoms with Crippen LogP contribution in [0.15, 0.2) is 29.3 Å². The molecular weight excluding hydrogens is 242 g/mol. The average molecular weight is 257 g/mol. The van der Waals surface area contributed by atoms with Crippen molar-refractivity contribution in [3.63, 3.8) is 0 Å². The number of amides is 2.